The van der Waals surface area contributed by atoms with Gasteiger partial charge in [-0.1, -0.05) is 17.7 Å². The molecule has 0 saturated heterocycles. The number of benzene rings is 1. The topological polar surface area (TPSA) is 70.1 Å². The number of halogens is 1. The van der Waals surface area contributed by atoms with Crippen LogP contribution in [0.15, 0.2) is 30.5 Å². The second-order valence-electron chi connectivity index (χ2n) is 3.61. The molecule has 0 aliphatic rings. The predicted molar refractivity (Wildman–Crippen MR) is 68.7 cm³/mol. The van der Waals surface area contributed by atoms with Crippen molar-refractivity contribution in [2.24, 2.45) is 0 Å². The predicted octanol–water partition coefficient (Wildman–Crippen LogP) is 2.36. The molecule has 18 heavy (non-hydrogen) atoms. The van der Waals surface area contributed by atoms with Gasteiger partial charge in [0, 0.05) is 11.6 Å². The minimum Gasteiger partial charge on any atom is -0.422 e. The standard InChI is InChI=1S/C12H12ClN3O2/c1-2-16-11(10(14)7-15-16)12(17)18-9-5-3-4-8(13)6-9/h3-7H,2,14H2,1H3. The van der Waals surface area contributed by atoms with Crippen LogP contribution >= 0.6 is 11.6 Å². The van der Waals surface area contributed by atoms with Gasteiger partial charge in [-0.25, -0.2) is 4.79 Å². The van der Waals surface area contributed by atoms with Gasteiger partial charge in [-0.15, -0.1) is 0 Å². The minimum atomic E-state index is -0.547. The second kappa shape index (κ2) is 5.10. The van der Waals surface area contributed by atoms with Gasteiger partial charge in [0.25, 0.3) is 0 Å². The Morgan fingerprint density at radius 3 is 3.00 bits per heavy atom. The maximum absolute atomic E-state index is 12.0. The average molecular weight is 266 g/mol. The number of nitrogens with zero attached hydrogens (tertiary/aromatic N) is 2. The van der Waals surface area contributed by atoms with Crippen molar-refractivity contribution in [1.82, 2.24) is 9.78 Å². The molecule has 0 unspecified atom stereocenters. The quantitative estimate of drug-likeness (QED) is 0.683. The first-order valence-corrected chi connectivity index (χ1v) is 5.78. The molecule has 0 aliphatic carbocycles. The zero-order valence-electron chi connectivity index (χ0n) is 9.76. The van der Waals surface area contributed by atoms with Crippen molar-refractivity contribution in [3.8, 4) is 5.75 Å². The molecule has 0 aliphatic heterocycles. The van der Waals surface area contributed by atoms with Crippen LogP contribution in [0, 0.1) is 0 Å². The summed E-state index contributed by atoms with van der Waals surface area (Å²) in [6, 6.07) is 6.60. The van der Waals surface area contributed by atoms with Crippen molar-refractivity contribution in [2.75, 3.05) is 5.73 Å². The number of carbonyl (C=O) groups is 1. The molecule has 0 fully saturated rings. The SMILES string of the molecule is CCn1ncc(N)c1C(=O)Oc1cccc(Cl)c1. The van der Waals surface area contributed by atoms with E-state index in [-0.39, 0.29) is 5.69 Å². The van der Waals surface area contributed by atoms with Crippen LogP contribution in [0.1, 0.15) is 17.4 Å². The molecule has 1 heterocycles. The Labute approximate surface area is 109 Å². The number of ether oxygens (including phenoxy) is 1. The van der Waals surface area contributed by atoms with Gasteiger partial charge in [0.1, 0.15) is 5.75 Å². The fraction of sp³-hybridized carbons (Fsp3) is 0.167. The smallest absolute Gasteiger partial charge is 0.364 e. The first kappa shape index (κ1) is 12.4. The van der Waals surface area contributed by atoms with Crippen LogP contribution in [-0.4, -0.2) is 15.7 Å². The van der Waals surface area contributed by atoms with Crippen LogP contribution in [0.25, 0.3) is 0 Å². The lowest BCUT2D eigenvalue weighted by molar-refractivity contribution is 0.0723. The minimum absolute atomic E-state index is 0.248. The molecule has 2 aromatic rings. The molecule has 0 spiro atoms. The summed E-state index contributed by atoms with van der Waals surface area (Å²) < 4.78 is 6.69. The van der Waals surface area contributed by atoms with E-state index in [1.54, 1.807) is 24.3 Å². The highest BCUT2D eigenvalue weighted by molar-refractivity contribution is 6.30. The van der Waals surface area contributed by atoms with Crippen molar-refractivity contribution in [1.29, 1.82) is 0 Å². The molecular weight excluding hydrogens is 254 g/mol. The van der Waals surface area contributed by atoms with Crippen molar-refractivity contribution >= 4 is 23.3 Å². The molecule has 2 rings (SSSR count). The highest BCUT2D eigenvalue weighted by Gasteiger charge is 2.18. The normalized spacial score (nSPS) is 10.3. The Hall–Kier alpha value is -2.01. The monoisotopic (exact) mass is 265 g/mol. The fourth-order valence-electron chi connectivity index (χ4n) is 1.55. The van der Waals surface area contributed by atoms with Crippen molar-refractivity contribution in [3.05, 3.63) is 41.2 Å². The van der Waals surface area contributed by atoms with Crippen LogP contribution in [-0.2, 0) is 6.54 Å². The summed E-state index contributed by atoms with van der Waals surface area (Å²) in [6.07, 6.45) is 1.43. The van der Waals surface area contributed by atoms with E-state index in [4.69, 9.17) is 22.1 Å². The van der Waals surface area contributed by atoms with E-state index >= 15 is 0 Å². The lowest BCUT2D eigenvalue weighted by Crippen LogP contribution is -2.16. The van der Waals surface area contributed by atoms with E-state index in [0.717, 1.165) is 0 Å². The summed E-state index contributed by atoms with van der Waals surface area (Å²) in [4.78, 5) is 12.0. The molecule has 94 valence electrons. The summed E-state index contributed by atoms with van der Waals surface area (Å²) in [7, 11) is 0. The largest absolute Gasteiger partial charge is 0.422 e. The molecule has 2 N–H and O–H groups in total. The Morgan fingerprint density at radius 1 is 1.56 bits per heavy atom. The molecular formula is C12H12ClN3O2. The second-order valence-corrected chi connectivity index (χ2v) is 4.05. The van der Waals surface area contributed by atoms with Gasteiger partial charge in [-0.05, 0) is 25.1 Å². The Morgan fingerprint density at radius 2 is 2.33 bits per heavy atom. The summed E-state index contributed by atoms with van der Waals surface area (Å²) in [5.74, 6) is -0.176. The number of carbonyl (C=O) groups excluding carboxylic acids is 1. The number of esters is 1. The van der Waals surface area contributed by atoms with Gasteiger partial charge in [-0.2, -0.15) is 5.10 Å². The highest BCUT2D eigenvalue weighted by atomic mass is 35.5. The first-order valence-electron chi connectivity index (χ1n) is 5.41. The lowest BCUT2D eigenvalue weighted by Gasteiger charge is -2.06. The van der Waals surface area contributed by atoms with Crippen LogP contribution in [0.2, 0.25) is 5.02 Å². The third-order valence-electron chi connectivity index (χ3n) is 2.37. The highest BCUT2D eigenvalue weighted by Crippen LogP contribution is 2.20. The van der Waals surface area contributed by atoms with E-state index < -0.39 is 5.97 Å². The van der Waals surface area contributed by atoms with Crippen molar-refractivity contribution in [3.63, 3.8) is 0 Å². The molecule has 6 heteroatoms. The molecule has 0 saturated carbocycles. The van der Waals surface area contributed by atoms with E-state index in [0.29, 0.717) is 23.0 Å². The van der Waals surface area contributed by atoms with Gasteiger partial charge in [-0.3, -0.25) is 4.68 Å². The van der Waals surface area contributed by atoms with Gasteiger partial charge < -0.3 is 10.5 Å². The summed E-state index contributed by atoms with van der Waals surface area (Å²) in [5.41, 5.74) is 6.23. The van der Waals surface area contributed by atoms with Gasteiger partial charge >= 0.3 is 5.97 Å². The van der Waals surface area contributed by atoms with Crippen LogP contribution < -0.4 is 10.5 Å². The third kappa shape index (κ3) is 2.46. The molecule has 5 nitrogen and oxygen atoms in total. The summed E-state index contributed by atoms with van der Waals surface area (Å²) in [5, 5.41) is 4.48. The number of nitrogens with two attached hydrogens (primary N) is 1. The molecule has 1 aromatic carbocycles. The Bertz CT molecular complexity index is 580. The number of nitrogen functional groups attached to an aromatic ring is 1. The summed E-state index contributed by atoms with van der Waals surface area (Å²) in [6.45, 7) is 2.40. The van der Waals surface area contributed by atoms with Gasteiger partial charge in [0.15, 0.2) is 5.69 Å². The number of aryl methyl sites for hydroxylation is 1. The Balaban J connectivity index is 2.24. The average Bonchev–Trinajstić information content (AvgIpc) is 2.70. The zero-order chi connectivity index (χ0) is 13.1. The van der Waals surface area contributed by atoms with E-state index in [1.807, 2.05) is 6.92 Å². The summed E-state index contributed by atoms with van der Waals surface area (Å²) >= 11 is 5.81. The van der Waals surface area contributed by atoms with Crippen molar-refractivity contribution in [2.45, 2.75) is 13.5 Å². The van der Waals surface area contributed by atoms with E-state index in [1.165, 1.54) is 10.9 Å². The zero-order valence-corrected chi connectivity index (χ0v) is 10.5. The number of anilines is 1. The number of rotatable bonds is 3. The number of aromatic nitrogens is 2. The van der Waals surface area contributed by atoms with Gasteiger partial charge in [0.05, 0.1) is 11.9 Å². The molecule has 0 atom stereocenters. The van der Waals surface area contributed by atoms with E-state index in [2.05, 4.69) is 5.10 Å². The third-order valence-corrected chi connectivity index (χ3v) is 2.60. The molecule has 0 radical (unpaired) electrons. The van der Waals surface area contributed by atoms with Crippen molar-refractivity contribution < 1.29 is 9.53 Å². The van der Waals surface area contributed by atoms with Crippen LogP contribution in [0.5, 0.6) is 5.75 Å². The number of hydrogen-bond acceptors (Lipinski definition) is 4. The molecule has 1 aromatic heterocycles. The van der Waals surface area contributed by atoms with Crippen LogP contribution in [0.3, 0.4) is 0 Å². The Kier molecular flexibility index (Phi) is 3.53. The van der Waals surface area contributed by atoms with Crippen LogP contribution in [0.4, 0.5) is 5.69 Å². The first-order chi connectivity index (χ1) is 8.61. The maximum atomic E-state index is 12.0. The molecule has 0 amide bonds. The van der Waals surface area contributed by atoms with Gasteiger partial charge in [0.2, 0.25) is 0 Å². The fourth-order valence-corrected chi connectivity index (χ4v) is 1.73. The van der Waals surface area contributed by atoms with E-state index in [9.17, 15) is 4.79 Å². The number of hydrogen-bond donors (Lipinski definition) is 1. The molecule has 0 bridgehead atoms. The lowest BCUT2D eigenvalue weighted by atomic mass is 10.3. The maximum Gasteiger partial charge on any atom is 0.364 e.